The van der Waals surface area contributed by atoms with Crippen molar-refractivity contribution in [1.82, 2.24) is 15.5 Å². The summed E-state index contributed by atoms with van der Waals surface area (Å²) in [7, 11) is 0. The van der Waals surface area contributed by atoms with Crippen molar-refractivity contribution < 1.29 is 19.3 Å². The summed E-state index contributed by atoms with van der Waals surface area (Å²) in [6.45, 7) is 4.51. The number of nitrogens with zero attached hydrogens (tertiary/aromatic N) is 2. The lowest BCUT2D eigenvalue weighted by atomic mass is 10.0. The van der Waals surface area contributed by atoms with Crippen molar-refractivity contribution in [1.29, 1.82) is 0 Å². The average molecular weight is 265 g/mol. The number of amides is 1. The number of carboxylic acid groups (broad SMARTS) is 1. The molecule has 2 N–H and O–H groups in total. The Hall–Kier alpha value is -2.12. The van der Waals surface area contributed by atoms with E-state index in [-0.39, 0.29) is 6.04 Å². The molecule has 0 fully saturated rings. The van der Waals surface area contributed by atoms with Gasteiger partial charge in [0.05, 0.1) is 18.8 Å². The van der Waals surface area contributed by atoms with E-state index in [0.29, 0.717) is 19.7 Å². The second kappa shape index (κ2) is 6.17. The molecule has 0 spiro atoms. The third kappa shape index (κ3) is 3.43. The molecule has 0 saturated heterocycles. The summed E-state index contributed by atoms with van der Waals surface area (Å²) in [5.74, 6) is 0. The van der Waals surface area contributed by atoms with Gasteiger partial charge in [-0.3, -0.25) is 4.84 Å². The Morgan fingerprint density at radius 2 is 2.63 bits per heavy atom. The Morgan fingerprint density at radius 1 is 1.79 bits per heavy atom. The third-order valence-corrected chi connectivity index (χ3v) is 2.69. The molecule has 1 atom stereocenters. The molecule has 1 aromatic rings. The molecule has 1 aliphatic rings. The van der Waals surface area contributed by atoms with Gasteiger partial charge in [0.15, 0.2) is 0 Å². The maximum absolute atomic E-state index is 11.1. The molecule has 1 unspecified atom stereocenters. The first-order valence-corrected chi connectivity index (χ1v) is 5.77. The topological polar surface area (TPSA) is 87.8 Å². The summed E-state index contributed by atoms with van der Waals surface area (Å²) < 4.78 is 4.78. The van der Waals surface area contributed by atoms with E-state index in [1.807, 2.05) is 6.08 Å². The van der Waals surface area contributed by atoms with Gasteiger partial charge in [0.1, 0.15) is 6.26 Å². The van der Waals surface area contributed by atoms with Crippen molar-refractivity contribution in [2.24, 2.45) is 0 Å². The highest BCUT2D eigenvalue weighted by Gasteiger charge is 2.25. The van der Waals surface area contributed by atoms with Crippen molar-refractivity contribution in [3.8, 4) is 0 Å². The lowest BCUT2D eigenvalue weighted by Crippen LogP contribution is -2.46. The summed E-state index contributed by atoms with van der Waals surface area (Å²) in [6.07, 6.45) is 5.58. The SMILES string of the molecule is C=CCONC1C=C(c2cnoc2)CN(C(=O)O)C1. The molecule has 2 heterocycles. The average Bonchev–Trinajstić information content (AvgIpc) is 2.92. The molecule has 2 rings (SSSR count). The van der Waals surface area contributed by atoms with Crippen LogP contribution in [0.15, 0.2) is 35.7 Å². The summed E-state index contributed by atoms with van der Waals surface area (Å²) >= 11 is 0. The van der Waals surface area contributed by atoms with E-state index in [1.54, 1.807) is 12.3 Å². The third-order valence-electron chi connectivity index (χ3n) is 2.69. The zero-order valence-electron chi connectivity index (χ0n) is 10.3. The van der Waals surface area contributed by atoms with E-state index >= 15 is 0 Å². The number of carbonyl (C=O) groups is 1. The van der Waals surface area contributed by atoms with Gasteiger partial charge in [-0.2, -0.15) is 5.48 Å². The molecule has 0 aromatic carbocycles. The molecule has 1 amide bonds. The van der Waals surface area contributed by atoms with Gasteiger partial charge in [-0.05, 0) is 5.57 Å². The maximum atomic E-state index is 11.1. The van der Waals surface area contributed by atoms with Crippen LogP contribution >= 0.6 is 0 Å². The first kappa shape index (κ1) is 13.3. The van der Waals surface area contributed by atoms with E-state index < -0.39 is 6.09 Å². The smallest absolute Gasteiger partial charge is 0.407 e. The van der Waals surface area contributed by atoms with Crippen LogP contribution in [0.3, 0.4) is 0 Å². The van der Waals surface area contributed by atoms with E-state index in [9.17, 15) is 4.79 Å². The second-order valence-electron chi connectivity index (χ2n) is 4.09. The van der Waals surface area contributed by atoms with Gasteiger partial charge < -0.3 is 14.5 Å². The Morgan fingerprint density at radius 3 is 3.26 bits per heavy atom. The van der Waals surface area contributed by atoms with Crippen LogP contribution < -0.4 is 5.48 Å². The summed E-state index contributed by atoms with van der Waals surface area (Å²) in [6, 6.07) is -0.227. The molecule has 0 saturated carbocycles. The molecule has 1 aromatic heterocycles. The predicted octanol–water partition coefficient (Wildman–Crippen LogP) is 1.13. The van der Waals surface area contributed by atoms with Crippen LogP contribution in [-0.4, -0.2) is 47.0 Å². The van der Waals surface area contributed by atoms with Crippen molar-refractivity contribution >= 4 is 11.7 Å². The van der Waals surface area contributed by atoms with Crippen LogP contribution in [0.1, 0.15) is 5.56 Å². The molecule has 0 bridgehead atoms. The standard InChI is InChI=1S/C12H15N3O4/c1-2-3-18-14-11-4-9(10-5-13-19-8-10)6-15(7-11)12(16)17/h2,4-5,8,11,14H,1,3,6-7H2,(H,16,17). The van der Waals surface area contributed by atoms with Crippen molar-refractivity contribution in [3.63, 3.8) is 0 Å². The fourth-order valence-corrected chi connectivity index (χ4v) is 1.84. The Bertz CT molecular complexity index is 469. The molecule has 102 valence electrons. The van der Waals surface area contributed by atoms with Gasteiger partial charge in [0.2, 0.25) is 0 Å². The molecular formula is C12H15N3O4. The number of hydrogen-bond donors (Lipinski definition) is 2. The second-order valence-corrected chi connectivity index (χ2v) is 4.09. The normalized spacial score (nSPS) is 19.1. The maximum Gasteiger partial charge on any atom is 0.407 e. The highest BCUT2D eigenvalue weighted by atomic mass is 16.6. The van der Waals surface area contributed by atoms with Crippen LogP contribution in [-0.2, 0) is 4.84 Å². The van der Waals surface area contributed by atoms with E-state index in [0.717, 1.165) is 11.1 Å². The van der Waals surface area contributed by atoms with Crippen LogP contribution in [0, 0.1) is 0 Å². The van der Waals surface area contributed by atoms with Crippen molar-refractivity contribution in [3.05, 3.63) is 36.8 Å². The number of rotatable bonds is 5. The van der Waals surface area contributed by atoms with Gasteiger partial charge in [-0.15, -0.1) is 6.58 Å². The summed E-state index contributed by atoms with van der Waals surface area (Å²) in [5, 5.41) is 12.7. The highest BCUT2D eigenvalue weighted by molar-refractivity contribution is 5.74. The predicted molar refractivity (Wildman–Crippen MR) is 67.2 cm³/mol. The Kier molecular flexibility index (Phi) is 4.32. The molecular weight excluding hydrogens is 250 g/mol. The zero-order valence-corrected chi connectivity index (χ0v) is 10.3. The van der Waals surface area contributed by atoms with Gasteiger partial charge in [-0.25, -0.2) is 4.79 Å². The fourth-order valence-electron chi connectivity index (χ4n) is 1.84. The lowest BCUT2D eigenvalue weighted by Gasteiger charge is -2.30. The minimum atomic E-state index is -0.974. The Labute approximate surface area is 110 Å². The quantitative estimate of drug-likeness (QED) is 0.471. The number of hydrogen-bond acceptors (Lipinski definition) is 5. The highest BCUT2D eigenvalue weighted by Crippen LogP contribution is 2.20. The number of nitrogens with one attached hydrogen (secondary N) is 1. The molecule has 0 aliphatic carbocycles. The minimum absolute atomic E-state index is 0.227. The van der Waals surface area contributed by atoms with Gasteiger partial charge in [-0.1, -0.05) is 17.3 Å². The summed E-state index contributed by atoms with van der Waals surface area (Å²) in [5.41, 5.74) is 4.39. The number of hydroxylamine groups is 1. The largest absolute Gasteiger partial charge is 0.465 e. The van der Waals surface area contributed by atoms with E-state index in [4.69, 9.17) is 14.5 Å². The molecule has 19 heavy (non-hydrogen) atoms. The van der Waals surface area contributed by atoms with Crippen molar-refractivity contribution in [2.45, 2.75) is 6.04 Å². The van der Waals surface area contributed by atoms with E-state index in [2.05, 4.69) is 17.2 Å². The van der Waals surface area contributed by atoms with Crippen LogP contribution in [0.4, 0.5) is 4.79 Å². The Balaban J connectivity index is 2.11. The van der Waals surface area contributed by atoms with Crippen LogP contribution in [0.2, 0.25) is 0 Å². The van der Waals surface area contributed by atoms with Gasteiger partial charge >= 0.3 is 6.09 Å². The number of aromatic nitrogens is 1. The first-order chi connectivity index (χ1) is 9.20. The molecule has 7 heteroatoms. The first-order valence-electron chi connectivity index (χ1n) is 5.77. The van der Waals surface area contributed by atoms with Gasteiger partial charge in [0.25, 0.3) is 0 Å². The van der Waals surface area contributed by atoms with Crippen LogP contribution in [0.25, 0.3) is 5.57 Å². The molecule has 0 radical (unpaired) electrons. The zero-order chi connectivity index (χ0) is 13.7. The minimum Gasteiger partial charge on any atom is -0.465 e. The molecule has 1 aliphatic heterocycles. The summed E-state index contributed by atoms with van der Waals surface area (Å²) in [4.78, 5) is 17.6. The molecule has 7 nitrogen and oxygen atoms in total. The van der Waals surface area contributed by atoms with Crippen molar-refractivity contribution in [2.75, 3.05) is 19.7 Å². The fraction of sp³-hybridized carbons (Fsp3) is 0.333. The monoisotopic (exact) mass is 265 g/mol. The van der Waals surface area contributed by atoms with Crippen LogP contribution in [0.5, 0.6) is 0 Å². The van der Waals surface area contributed by atoms with Gasteiger partial charge in [0, 0.05) is 18.7 Å². The lowest BCUT2D eigenvalue weighted by molar-refractivity contribution is 0.0363. The van der Waals surface area contributed by atoms with E-state index in [1.165, 1.54) is 11.2 Å².